The van der Waals surface area contributed by atoms with E-state index in [1.165, 1.54) is 6.42 Å². The quantitative estimate of drug-likeness (QED) is 0.666. The Bertz CT molecular complexity index is 489. The number of aliphatic hydroxyl groups excluding tert-OH is 1. The summed E-state index contributed by atoms with van der Waals surface area (Å²) in [4.78, 5) is 12.7. The molecule has 0 amide bonds. The predicted molar refractivity (Wildman–Crippen MR) is 77.6 cm³/mol. The molecule has 0 bridgehead atoms. The number of benzene rings is 1. The highest BCUT2D eigenvalue weighted by Crippen LogP contribution is 2.37. The lowest BCUT2D eigenvalue weighted by Gasteiger charge is -2.39. The fourth-order valence-corrected chi connectivity index (χ4v) is 2.94. The number of halogens is 1. The third-order valence-electron chi connectivity index (χ3n) is 3.63. The molecule has 0 heterocycles. The Balaban J connectivity index is 2.36. The van der Waals surface area contributed by atoms with Gasteiger partial charge in [0.05, 0.1) is 17.2 Å². The van der Waals surface area contributed by atoms with Crippen LogP contribution in [0.15, 0.2) is 16.6 Å². The monoisotopic (exact) mass is 328 g/mol. The normalized spacial score (nSPS) is 15.1. The summed E-state index contributed by atoms with van der Waals surface area (Å²) in [7, 11) is 0. The highest BCUT2D eigenvalue weighted by atomic mass is 79.9. The summed E-state index contributed by atoms with van der Waals surface area (Å²) in [5, 5.41) is 20.1. The highest BCUT2D eigenvalue weighted by molar-refractivity contribution is 9.10. The zero-order valence-electron chi connectivity index (χ0n) is 10.8. The van der Waals surface area contributed by atoms with Crippen LogP contribution in [0.4, 0.5) is 11.4 Å². The molecular formula is C13H17BrN2O3. The summed E-state index contributed by atoms with van der Waals surface area (Å²) in [6.07, 6.45) is 3.43. The number of aliphatic hydroxyl groups is 1. The van der Waals surface area contributed by atoms with Gasteiger partial charge in [-0.3, -0.25) is 10.1 Å². The van der Waals surface area contributed by atoms with Crippen molar-refractivity contribution < 1.29 is 10.0 Å². The van der Waals surface area contributed by atoms with E-state index in [4.69, 9.17) is 0 Å². The molecule has 19 heavy (non-hydrogen) atoms. The van der Waals surface area contributed by atoms with Gasteiger partial charge in [-0.25, -0.2) is 0 Å². The van der Waals surface area contributed by atoms with Crippen LogP contribution in [0.5, 0.6) is 0 Å². The van der Waals surface area contributed by atoms with E-state index in [1.807, 2.05) is 6.07 Å². The van der Waals surface area contributed by atoms with Gasteiger partial charge in [0.15, 0.2) is 0 Å². The van der Waals surface area contributed by atoms with Crippen molar-refractivity contribution in [3.05, 3.63) is 32.3 Å². The first-order chi connectivity index (χ1) is 9.04. The molecular weight excluding hydrogens is 312 g/mol. The number of anilines is 1. The maximum atomic E-state index is 10.9. The summed E-state index contributed by atoms with van der Waals surface area (Å²) in [6, 6.07) is 3.81. The van der Waals surface area contributed by atoms with Gasteiger partial charge in [0.1, 0.15) is 0 Å². The molecule has 1 aromatic carbocycles. The van der Waals surface area contributed by atoms with Gasteiger partial charge < -0.3 is 10.0 Å². The van der Waals surface area contributed by atoms with Gasteiger partial charge in [0.2, 0.25) is 0 Å². The average Bonchev–Trinajstić information content (AvgIpc) is 2.28. The molecule has 1 aromatic rings. The number of rotatable bonds is 5. The van der Waals surface area contributed by atoms with Crippen molar-refractivity contribution in [3.63, 3.8) is 0 Å². The predicted octanol–water partition coefficient (Wildman–Crippen LogP) is 3.02. The van der Waals surface area contributed by atoms with E-state index >= 15 is 0 Å². The van der Waals surface area contributed by atoms with E-state index in [2.05, 4.69) is 20.8 Å². The van der Waals surface area contributed by atoms with Crippen molar-refractivity contribution in [1.82, 2.24) is 0 Å². The molecule has 0 unspecified atom stereocenters. The lowest BCUT2D eigenvalue weighted by Crippen LogP contribution is -2.42. The molecule has 1 saturated carbocycles. The first-order valence-corrected chi connectivity index (χ1v) is 7.16. The average molecular weight is 329 g/mol. The van der Waals surface area contributed by atoms with Crippen LogP contribution in [0.3, 0.4) is 0 Å². The lowest BCUT2D eigenvalue weighted by molar-refractivity contribution is -0.385. The van der Waals surface area contributed by atoms with Crippen molar-refractivity contribution in [2.24, 2.45) is 0 Å². The van der Waals surface area contributed by atoms with Crippen LogP contribution in [0.2, 0.25) is 0 Å². The van der Waals surface area contributed by atoms with Crippen LogP contribution >= 0.6 is 15.9 Å². The van der Waals surface area contributed by atoms with Gasteiger partial charge in [0.25, 0.3) is 5.69 Å². The second-order valence-electron chi connectivity index (χ2n) is 4.85. The van der Waals surface area contributed by atoms with Gasteiger partial charge in [-0.15, -0.1) is 0 Å². The summed E-state index contributed by atoms with van der Waals surface area (Å²) in [5.41, 5.74) is 1.69. The Morgan fingerprint density at radius 1 is 1.53 bits per heavy atom. The second kappa shape index (κ2) is 5.88. The summed E-state index contributed by atoms with van der Waals surface area (Å²) in [5.74, 6) is 0. The van der Waals surface area contributed by atoms with Crippen LogP contribution in [-0.2, 0) is 0 Å². The Morgan fingerprint density at radius 3 is 2.68 bits per heavy atom. The van der Waals surface area contributed by atoms with E-state index in [0.717, 1.165) is 18.5 Å². The van der Waals surface area contributed by atoms with Crippen LogP contribution in [0.25, 0.3) is 0 Å². The molecule has 0 aliphatic heterocycles. The lowest BCUT2D eigenvalue weighted by atomic mass is 9.91. The molecule has 0 atom stereocenters. The third kappa shape index (κ3) is 2.90. The molecule has 6 heteroatoms. The number of hydrogen-bond acceptors (Lipinski definition) is 4. The minimum absolute atomic E-state index is 0.0823. The third-order valence-corrected chi connectivity index (χ3v) is 4.26. The van der Waals surface area contributed by atoms with Crippen molar-refractivity contribution in [2.45, 2.75) is 32.2 Å². The molecule has 5 nitrogen and oxygen atoms in total. The first kappa shape index (κ1) is 14.3. The van der Waals surface area contributed by atoms with E-state index in [1.54, 1.807) is 13.0 Å². The number of aryl methyl sites for hydroxylation is 1. The number of nitrogens with zero attached hydrogens (tertiary/aromatic N) is 2. The maximum Gasteiger partial charge on any atom is 0.273 e. The van der Waals surface area contributed by atoms with Crippen molar-refractivity contribution in [1.29, 1.82) is 0 Å². The van der Waals surface area contributed by atoms with Crippen LogP contribution < -0.4 is 4.90 Å². The Kier molecular flexibility index (Phi) is 4.42. The summed E-state index contributed by atoms with van der Waals surface area (Å²) >= 11 is 3.41. The van der Waals surface area contributed by atoms with E-state index < -0.39 is 0 Å². The molecule has 1 aliphatic rings. The molecule has 0 saturated heterocycles. The standard InChI is InChI=1S/C13H17BrN2O3/c1-9-7-13(11(14)8-12(9)16(18)19)15(5-6-17)10-3-2-4-10/h7-8,10,17H,2-6H2,1H3. The zero-order chi connectivity index (χ0) is 14.0. The number of hydrogen-bond donors (Lipinski definition) is 1. The minimum Gasteiger partial charge on any atom is -0.395 e. The maximum absolute atomic E-state index is 10.9. The second-order valence-corrected chi connectivity index (χ2v) is 5.70. The van der Waals surface area contributed by atoms with Gasteiger partial charge in [0, 0.05) is 28.7 Å². The highest BCUT2D eigenvalue weighted by Gasteiger charge is 2.27. The van der Waals surface area contributed by atoms with Crippen molar-refractivity contribution in [3.8, 4) is 0 Å². The molecule has 0 aromatic heterocycles. The molecule has 0 radical (unpaired) electrons. The fraction of sp³-hybridized carbons (Fsp3) is 0.538. The van der Waals surface area contributed by atoms with Gasteiger partial charge in [-0.05, 0) is 48.2 Å². The SMILES string of the molecule is Cc1cc(N(CCO)C2CCC2)c(Br)cc1[N+](=O)[O-]. The Labute approximate surface area is 120 Å². The van der Waals surface area contributed by atoms with E-state index in [0.29, 0.717) is 22.6 Å². The van der Waals surface area contributed by atoms with Gasteiger partial charge in [-0.2, -0.15) is 0 Å². The van der Waals surface area contributed by atoms with E-state index in [9.17, 15) is 15.2 Å². The molecule has 1 fully saturated rings. The topological polar surface area (TPSA) is 66.6 Å². The molecule has 2 rings (SSSR count). The van der Waals surface area contributed by atoms with Crippen molar-refractivity contribution >= 4 is 27.3 Å². The molecule has 104 valence electrons. The Morgan fingerprint density at radius 2 is 2.21 bits per heavy atom. The number of nitro groups is 1. The summed E-state index contributed by atoms with van der Waals surface area (Å²) in [6.45, 7) is 2.38. The molecule has 1 aliphatic carbocycles. The van der Waals surface area contributed by atoms with Crippen LogP contribution in [0.1, 0.15) is 24.8 Å². The smallest absolute Gasteiger partial charge is 0.273 e. The van der Waals surface area contributed by atoms with E-state index in [-0.39, 0.29) is 17.2 Å². The number of nitro benzene ring substituents is 1. The van der Waals surface area contributed by atoms with Crippen LogP contribution in [-0.4, -0.2) is 29.2 Å². The first-order valence-electron chi connectivity index (χ1n) is 6.36. The minimum atomic E-state index is -0.371. The largest absolute Gasteiger partial charge is 0.395 e. The molecule has 0 spiro atoms. The summed E-state index contributed by atoms with van der Waals surface area (Å²) < 4.78 is 0.713. The van der Waals surface area contributed by atoms with Gasteiger partial charge >= 0.3 is 0 Å². The van der Waals surface area contributed by atoms with Crippen molar-refractivity contribution in [2.75, 3.05) is 18.1 Å². The molecule has 1 N–H and O–H groups in total. The van der Waals surface area contributed by atoms with Crippen LogP contribution in [0, 0.1) is 17.0 Å². The fourth-order valence-electron chi connectivity index (χ4n) is 2.38. The zero-order valence-corrected chi connectivity index (χ0v) is 12.4. The Hall–Kier alpha value is -1.14. The van der Waals surface area contributed by atoms with Gasteiger partial charge in [-0.1, -0.05) is 0 Å².